The summed E-state index contributed by atoms with van der Waals surface area (Å²) in [6.07, 6.45) is 8.97. The number of aromatic nitrogens is 4. The van der Waals surface area contributed by atoms with Gasteiger partial charge in [-0.2, -0.15) is 5.10 Å². The molecular formula is C29H39FN6O. The molecule has 0 N–H and O–H groups in total. The lowest BCUT2D eigenvalue weighted by Gasteiger charge is -2.36. The molecule has 1 aromatic carbocycles. The van der Waals surface area contributed by atoms with Crippen LogP contribution < -0.4 is 4.90 Å². The topological polar surface area (TPSA) is 67.2 Å². The van der Waals surface area contributed by atoms with E-state index >= 15 is 0 Å². The number of rotatable bonds is 8. The van der Waals surface area contributed by atoms with Crippen LogP contribution in [-0.4, -0.2) is 56.7 Å². The SMILES string of the molecule is CCCC(C)c1nc(N2CCN(C(=O)CCC3CCCC3)CC2)c2c(C)nn(-c3ccc(F)cc3)c2n1. The average molecular weight is 507 g/mol. The molecular weight excluding hydrogens is 467 g/mol. The maximum atomic E-state index is 13.6. The molecule has 5 rings (SSSR count). The molecule has 0 radical (unpaired) electrons. The van der Waals surface area contributed by atoms with E-state index in [0.717, 1.165) is 72.3 Å². The van der Waals surface area contributed by atoms with Gasteiger partial charge in [-0.1, -0.05) is 46.0 Å². The monoisotopic (exact) mass is 506 g/mol. The lowest BCUT2D eigenvalue weighted by molar-refractivity contribution is -0.131. The smallest absolute Gasteiger partial charge is 0.222 e. The lowest BCUT2D eigenvalue weighted by atomic mass is 10.0. The van der Waals surface area contributed by atoms with E-state index in [0.29, 0.717) is 19.5 Å². The van der Waals surface area contributed by atoms with Crippen molar-refractivity contribution in [2.75, 3.05) is 31.1 Å². The Morgan fingerprint density at radius 1 is 1.08 bits per heavy atom. The van der Waals surface area contributed by atoms with Crippen molar-refractivity contribution in [1.82, 2.24) is 24.6 Å². The van der Waals surface area contributed by atoms with E-state index in [1.54, 1.807) is 16.8 Å². The minimum Gasteiger partial charge on any atom is -0.352 e. The average Bonchev–Trinajstić information content (AvgIpc) is 3.55. The zero-order valence-corrected chi connectivity index (χ0v) is 22.4. The Bertz CT molecular complexity index is 1230. The van der Waals surface area contributed by atoms with Gasteiger partial charge in [0.25, 0.3) is 0 Å². The van der Waals surface area contributed by atoms with E-state index < -0.39 is 0 Å². The van der Waals surface area contributed by atoms with Crippen molar-refractivity contribution in [1.29, 1.82) is 0 Å². The minimum absolute atomic E-state index is 0.212. The Morgan fingerprint density at radius 3 is 2.46 bits per heavy atom. The first kappa shape index (κ1) is 25.6. The van der Waals surface area contributed by atoms with Gasteiger partial charge in [0.1, 0.15) is 17.5 Å². The van der Waals surface area contributed by atoms with Crippen LogP contribution in [0.25, 0.3) is 16.7 Å². The number of carbonyl (C=O) groups is 1. The van der Waals surface area contributed by atoms with Crippen molar-refractivity contribution in [2.45, 2.75) is 78.1 Å². The third-order valence-electron chi connectivity index (χ3n) is 8.11. The number of amides is 1. The fraction of sp³-hybridized carbons (Fsp3) is 0.586. The van der Waals surface area contributed by atoms with Crippen LogP contribution in [0.5, 0.6) is 0 Å². The van der Waals surface area contributed by atoms with Crippen LogP contribution in [-0.2, 0) is 4.79 Å². The fourth-order valence-electron chi connectivity index (χ4n) is 5.90. The number of piperazine rings is 1. The highest BCUT2D eigenvalue weighted by atomic mass is 19.1. The third kappa shape index (κ3) is 5.48. The number of halogens is 1. The zero-order valence-electron chi connectivity index (χ0n) is 22.4. The lowest BCUT2D eigenvalue weighted by Crippen LogP contribution is -2.49. The molecule has 3 aromatic rings. The van der Waals surface area contributed by atoms with Gasteiger partial charge in [0, 0.05) is 38.5 Å². The predicted molar refractivity (Wildman–Crippen MR) is 145 cm³/mol. The van der Waals surface area contributed by atoms with Crippen molar-refractivity contribution >= 4 is 22.8 Å². The molecule has 1 saturated heterocycles. The molecule has 7 nitrogen and oxygen atoms in total. The molecule has 3 heterocycles. The third-order valence-corrected chi connectivity index (χ3v) is 8.11. The van der Waals surface area contributed by atoms with Gasteiger partial charge < -0.3 is 9.80 Å². The highest BCUT2D eigenvalue weighted by Gasteiger charge is 2.27. The van der Waals surface area contributed by atoms with Crippen LogP contribution in [0.2, 0.25) is 0 Å². The summed E-state index contributed by atoms with van der Waals surface area (Å²) in [5.41, 5.74) is 2.37. The van der Waals surface area contributed by atoms with Gasteiger partial charge in [-0.25, -0.2) is 19.0 Å². The first-order chi connectivity index (χ1) is 17.9. The van der Waals surface area contributed by atoms with E-state index in [4.69, 9.17) is 15.1 Å². The number of nitrogens with zero attached hydrogens (tertiary/aromatic N) is 6. The first-order valence-electron chi connectivity index (χ1n) is 14.0. The molecule has 8 heteroatoms. The van der Waals surface area contributed by atoms with Crippen molar-refractivity contribution in [3.8, 4) is 5.69 Å². The van der Waals surface area contributed by atoms with Crippen molar-refractivity contribution in [3.05, 3.63) is 41.6 Å². The maximum absolute atomic E-state index is 13.6. The first-order valence-corrected chi connectivity index (χ1v) is 14.0. The molecule has 2 fully saturated rings. The number of hydrogen-bond acceptors (Lipinski definition) is 5. The highest BCUT2D eigenvalue weighted by Crippen LogP contribution is 2.32. The van der Waals surface area contributed by atoms with E-state index in [9.17, 15) is 9.18 Å². The van der Waals surface area contributed by atoms with Gasteiger partial charge in [-0.15, -0.1) is 0 Å². The van der Waals surface area contributed by atoms with E-state index in [2.05, 4.69) is 18.7 Å². The minimum atomic E-state index is -0.278. The number of anilines is 1. The number of fused-ring (bicyclic) bond motifs is 1. The number of carbonyl (C=O) groups excluding carboxylic acids is 1. The summed E-state index contributed by atoms with van der Waals surface area (Å²) in [4.78, 5) is 27.3. The van der Waals surface area contributed by atoms with E-state index in [1.807, 2.05) is 11.8 Å². The number of benzene rings is 1. The second kappa shape index (κ2) is 11.2. The van der Waals surface area contributed by atoms with Crippen molar-refractivity contribution < 1.29 is 9.18 Å². The van der Waals surface area contributed by atoms with Crippen molar-refractivity contribution in [2.24, 2.45) is 5.92 Å². The quantitative estimate of drug-likeness (QED) is 0.387. The predicted octanol–water partition coefficient (Wildman–Crippen LogP) is 5.79. The van der Waals surface area contributed by atoms with Gasteiger partial charge >= 0.3 is 0 Å². The van der Waals surface area contributed by atoms with Crippen LogP contribution in [0.4, 0.5) is 10.2 Å². The Morgan fingerprint density at radius 2 is 1.78 bits per heavy atom. The van der Waals surface area contributed by atoms with Gasteiger partial charge in [0.2, 0.25) is 5.91 Å². The number of aryl methyl sites for hydroxylation is 1. The van der Waals surface area contributed by atoms with E-state index in [-0.39, 0.29) is 17.6 Å². The van der Waals surface area contributed by atoms with Crippen LogP contribution in [0.15, 0.2) is 24.3 Å². The second-order valence-corrected chi connectivity index (χ2v) is 10.8. The van der Waals surface area contributed by atoms with Gasteiger partial charge in [0.05, 0.1) is 16.8 Å². The number of hydrogen-bond donors (Lipinski definition) is 0. The normalized spacial score (nSPS) is 17.6. The Labute approximate surface area is 219 Å². The molecule has 1 atom stereocenters. The van der Waals surface area contributed by atoms with E-state index in [1.165, 1.54) is 37.8 Å². The van der Waals surface area contributed by atoms with Crippen molar-refractivity contribution in [3.63, 3.8) is 0 Å². The Hall–Kier alpha value is -3.03. The molecule has 1 aliphatic heterocycles. The molecule has 0 spiro atoms. The molecule has 1 aliphatic carbocycles. The molecule has 198 valence electrons. The fourth-order valence-corrected chi connectivity index (χ4v) is 5.90. The van der Waals surface area contributed by atoms with Crippen LogP contribution >= 0.6 is 0 Å². The largest absolute Gasteiger partial charge is 0.352 e. The summed E-state index contributed by atoms with van der Waals surface area (Å²) in [5, 5.41) is 5.73. The molecule has 1 unspecified atom stereocenters. The summed E-state index contributed by atoms with van der Waals surface area (Å²) in [7, 11) is 0. The van der Waals surface area contributed by atoms with Gasteiger partial charge in [0.15, 0.2) is 5.65 Å². The summed E-state index contributed by atoms with van der Waals surface area (Å²) in [6.45, 7) is 9.22. The molecule has 0 bridgehead atoms. The zero-order chi connectivity index (χ0) is 25.9. The molecule has 37 heavy (non-hydrogen) atoms. The Balaban J connectivity index is 1.41. The van der Waals surface area contributed by atoms with Crippen LogP contribution in [0.1, 0.15) is 82.7 Å². The van der Waals surface area contributed by atoms with Crippen LogP contribution in [0, 0.1) is 18.7 Å². The molecule has 2 aromatic heterocycles. The standard InChI is InChI=1S/C29H39FN6O/c1-4-7-20(2)27-31-28(26-21(3)33-36(29(26)32-27)24-13-11-23(30)12-14-24)35-18-16-34(17-19-35)25(37)15-10-22-8-5-6-9-22/h11-14,20,22H,4-10,15-19H2,1-3H3. The van der Waals surface area contributed by atoms with Crippen LogP contribution in [0.3, 0.4) is 0 Å². The molecule has 1 amide bonds. The second-order valence-electron chi connectivity index (χ2n) is 10.8. The summed E-state index contributed by atoms with van der Waals surface area (Å²) in [6, 6.07) is 6.36. The Kier molecular flexibility index (Phi) is 7.72. The molecule has 1 saturated carbocycles. The summed E-state index contributed by atoms with van der Waals surface area (Å²) < 4.78 is 15.4. The summed E-state index contributed by atoms with van der Waals surface area (Å²) in [5.74, 6) is 2.67. The highest BCUT2D eigenvalue weighted by molar-refractivity contribution is 5.91. The van der Waals surface area contributed by atoms with Gasteiger partial charge in [-0.3, -0.25) is 4.79 Å². The van der Waals surface area contributed by atoms with Gasteiger partial charge in [-0.05, 0) is 49.9 Å². The maximum Gasteiger partial charge on any atom is 0.222 e. The molecule has 2 aliphatic rings. The summed E-state index contributed by atoms with van der Waals surface area (Å²) >= 11 is 0.